The van der Waals surface area contributed by atoms with Crippen molar-refractivity contribution in [1.29, 1.82) is 0 Å². The summed E-state index contributed by atoms with van der Waals surface area (Å²) >= 11 is 0. The molecule has 94 valence electrons. The maximum atomic E-state index is 11.7. The van der Waals surface area contributed by atoms with Crippen molar-refractivity contribution >= 4 is 15.8 Å². The van der Waals surface area contributed by atoms with Gasteiger partial charge in [0.1, 0.15) is 5.94 Å². The summed E-state index contributed by atoms with van der Waals surface area (Å²) < 4.78 is 32.8. The number of hydrogen-bond donors (Lipinski definition) is 0. The van der Waals surface area contributed by atoms with E-state index in [1.54, 1.807) is 0 Å². The first-order chi connectivity index (χ1) is 7.45. The number of esters is 1. The van der Waals surface area contributed by atoms with Crippen LogP contribution in [0, 0.1) is 5.92 Å². The highest BCUT2D eigenvalue weighted by Gasteiger charge is 2.26. The van der Waals surface area contributed by atoms with Gasteiger partial charge in [-0.2, -0.15) is 0 Å². The zero-order valence-corrected chi connectivity index (χ0v) is 10.5. The minimum absolute atomic E-state index is 0.119. The maximum absolute atomic E-state index is 11.7. The monoisotopic (exact) mass is 250 g/mol. The molecule has 6 heteroatoms. The summed E-state index contributed by atoms with van der Waals surface area (Å²) in [6, 6.07) is 0. The third kappa shape index (κ3) is 4.49. The highest BCUT2D eigenvalue weighted by Crippen LogP contribution is 2.28. The molecule has 0 spiro atoms. The van der Waals surface area contributed by atoms with Gasteiger partial charge in [0, 0.05) is 0 Å². The Morgan fingerprint density at radius 3 is 2.56 bits per heavy atom. The standard InChI is InChI=1S/C10H18O5S/c1-8(5-10(11)14-2)16(12,13)7-15-6-9-3-4-9/h8-9H,3-7H2,1-2H3. The van der Waals surface area contributed by atoms with Gasteiger partial charge in [-0.25, -0.2) is 8.42 Å². The van der Waals surface area contributed by atoms with Crippen molar-refractivity contribution in [2.24, 2.45) is 5.92 Å². The number of methoxy groups -OCH3 is 1. The van der Waals surface area contributed by atoms with E-state index >= 15 is 0 Å². The first kappa shape index (κ1) is 13.4. The van der Waals surface area contributed by atoms with Gasteiger partial charge in [0.2, 0.25) is 0 Å². The van der Waals surface area contributed by atoms with E-state index in [4.69, 9.17) is 4.74 Å². The van der Waals surface area contributed by atoms with E-state index in [1.165, 1.54) is 14.0 Å². The van der Waals surface area contributed by atoms with Crippen molar-refractivity contribution in [2.75, 3.05) is 19.7 Å². The highest BCUT2D eigenvalue weighted by molar-refractivity contribution is 7.91. The lowest BCUT2D eigenvalue weighted by Gasteiger charge is -2.11. The van der Waals surface area contributed by atoms with Gasteiger partial charge >= 0.3 is 5.97 Å². The average Bonchev–Trinajstić information content (AvgIpc) is 3.01. The lowest BCUT2D eigenvalue weighted by Crippen LogP contribution is -2.26. The minimum atomic E-state index is -3.36. The summed E-state index contributed by atoms with van der Waals surface area (Å²) in [5, 5.41) is -0.751. The molecule has 0 saturated heterocycles. The lowest BCUT2D eigenvalue weighted by atomic mass is 10.3. The second kappa shape index (κ2) is 5.63. The summed E-state index contributed by atoms with van der Waals surface area (Å²) in [5.74, 6) is -0.286. The smallest absolute Gasteiger partial charge is 0.306 e. The molecule has 0 aliphatic heterocycles. The quantitative estimate of drug-likeness (QED) is 0.623. The van der Waals surface area contributed by atoms with E-state index in [1.807, 2.05) is 0 Å². The molecule has 0 amide bonds. The summed E-state index contributed by atoms with van der Waals surface area (Å²) in [4.78, 5) is 10.9. The SMILES string of the molecule is COC(=O)CC(C)S(=O)(=O)COCC1CC1. The number of sulfone groups is 1. The lowest BCUT2D eigenvalue weighted by molar-refractivity contribution is -0.140. The van der Waals surface area contributed by atoms with Gasteiger partial charge in [-0.1, -0.05) is 0 Å². The summed E-state index contributed by atoms with van der Waals surface area (Å²) in [7, 11) is -2.12. The van der Waals surface area contributed by atoms with Crippen LogP contribution in [0.4, 0.5) is 0 Å². The predicted octanol–water partition coefficient (Wildman–Crippen LogP) is 0.737. The number of ether oxygens (including phenoxy) is 2. The molecule has 0 radical (unpaired) electrons. The molecule has 5 nitrogen and oxygen atoms in total. The van der Waals surface area contributed by atoms with Crippen molar-refractivity contribution in [3.05, 3.63) is 0 Å². The molecule has 1 rings (SSSR count). The van der Waals surface area contributed by atoms with Gasteiger partial charge in [0.25, 0.3) is 0 Å². The fourth-order valence-electron chi connectivity index (χ4n) is 1.18. The summed E-state index contributed by atoms with van der Waals surface area (Å²) in [6.07, 6.45) is 2.13. The molecule has 0 aromatic heterocycles. The normalized spacial score (nSPS) is 18.1. The predicted molar refractivity (Wildman–Crippen MR) is 58.6 cm³/mol. The van der Waals surface area contributed by atoms with E-state index in [-0.39, 0.29) is 12.4 Å². The summed E-state index contributed by atoms with van der Waals surface area (Å²) in [5.41, 5.74) is 0. The molecule has 1 atom stereocenters. The second-order valence-corrected chi connectivity index (χ2v) is 6.55. The second-order valence-electron chi connectivity index (χ2n) is 4.19. The van der Waals surface area contributed by atoms with Crippen LogP contribution in [0.3, 0.4) is 0 Å². The van der Waals surface area contributed by atoms with Gasteiger partial charge in [-0.05, 0) is 25.7 Å². The molecule has 1 unspecified atom stereocenters. The van der Waals surface area contributed by atoms with Crippen LogP contribution in [0.2, 0.25) is 0 Å². The molecular weight excluding hydrogens is 232 g/mol. The van der Waals surface area contributed by atoms with Crippen LogP contribution in [0.5, 0.6) is 0 Å². The van der Waals surface area contributed by atoms with Crippen LogP contribution in [-0.4, -0.2) is 39.3 Å². The topological polar surface area (TPSA) is 69.7 Å². The molecule has 0 aromatic rings. The first-order valence-electron chi connectivity index (χ1n) is 5.32. The van der Waals surface area contributed by atoms with E-state index in [0.717, 1.165) is 12.8 Å². The molecule has 0 aromatic carbocycles. The van der Waals surface area contributed by atoms with Gasteiger partial charge in [-0.15, -0.1) is 0 Å². The Balaban J connectivity index is 2.32. The van der Waals surface area contributed by atoms with Crippen LogP contribution < -0.4 is 0 Å². The molecule has 16 heavy (non-hydrogen) atoms. The van der Waals surface area contributed by atoms with E-state index in [2.05, 4.69) is 4.74 Å². The van der Waals surface area contributed by atoms with Crippen molar-refractivity contribution in [3.63, 3.8) is 0 Å². The van der Waals surface area contributed by atoms with Crippen LogP contribution in [-0.2, 0) is 24.1 Å². The van der Waals surface area contributed by atoms with Gasteiger partial charge in [0.05, 0.1) is 25.4 Å². The molecule has 1 fully saturated rings. The van der Waals surface area contributed by atoms with Gasteiger partial charge in [0.15, 0.2) is 9.84 Å². The average molecular weight is 250 g/mol. The van der Waals surface area contributed by atoms with E-state index < -0.39 is 21.1 Å². The van der Waals surface area contributed by atoms with Crippen LogP contribution in [0.15, 0.2) is 0 Å². The number of rotatable bonds is 7. The molecule has 1 aliphatic rings. The zero-order chi connectivity index (χ0) is 12.2. The van der Waals surface area contributed by atoms with Crippen molar-refractivity contribution < 1.29 is 22.7 Å². The van der Waals surface area contributed by atoms with Crippen LogP contribution >= 0.6 is 0 Å². The minimum Gasteiger partial charge on any atom is -0.469 e. The van der Waals surface area contributed by atoms with E-state index in [9.17, 15) is 13.2 Å². The van der Waals surface area contributed by atoms with Gasteiger partial charge < -0.3 is 9.47 Å². The number of carbonyl (C=O) groups is 1. The Bertz CT molecular complexity index is 331. The first-order valence-corrected chi connectivity index (χ1v) is 7.03. The Labute approximate surface area is 96.0 Å². The Morgan fingerprint density at radius 1 is 1.44 bits per heavy atom. The fourth-order valence-corrected chi connectivity index (χ4v) is 2.13. The van der Waals surface area contributed by atoms with Crippen LogP contribution in [0.25, 0.3) is 0 Å². The zero-order valence-electron chi connectivity index (χ0n) is 9.64. The maximum Gasteiger partial charge on any atom is 0.306 e. The Kier molecular flexibility index (Phi) is 4.73. The molecule has 1 aliphatic carbocycles. The molecule has 0 N–H and O–H groups in total. The Morgan fingerprint density at radius 2 is 2.06 bits per heavy atom. The molecular formula is C10H18O5S. The summed E-state index contributed by atoms with van der Waals surface area (Å²) in [6.45, 7) is 2.00. The van der Waals surface area contributed by atoms with Crippen molar-refractivity contribution in [2.45, 2.75) is 31.4 Å². The Hall–Kier alpha value is -0.620. The third-order valence-electron chi connectivity index (χ3n) is 2.59. The number of hydrogen-bond acceptors (Lipinski definition) is 5. The highest BCUT2D eigenvalue weighted by atomic mass is 32.2. The number of carbonyl (C=O) groups excluding carboxylic acids is 1. The third-order valence-corrected chi connectivity index (χ3v) is 4.48. The van der Waals surface area contributed by atoms with Crippen LogP contribution in [0.1, 0.15) is 26.2 Å². The van der Waals surface area contributed by atoms with Crippen molar-refractivity contribution in [3.8, 4) is 0 Å². The van der Waals surface area contributed by atoms with Gasteiger partial charge in [-0.3, -0.25) is 4.79 Å². The molecule has 1 saturated carbocycles. The van der Waals surface area contributed by atoms with E-state index in [0.29, 0.717) is 12.5 Å². The molecule has 0 bridgehead atoms. The molecule has 0 heterocycles. The van der Waals surface area contributed by atoms with Crippen molar-refractivity contribution in [1.82, 2.24) is 0 Å². The largest absolute Gasteiger partial charge is 0.469 e. The fraction of sp³-hybridized carbons (Fsp3) is 0.900.